The van der Waals surface area contributed by atoms with Crippen molar-refractivity contribution in [1.82, 2.24) is 4.90 Å². The van der Waals surface area contributed by atoms with Crippen LogP contribution in [0.1, 0.15) is 52.1 Å². The van der Waals surface area contributed by atoms with Gasteiger partial charge in [0.25, 0.3) is 17.7 Å². The molecule has 2 aromatic carbocycles. The number of hydrogen-bond acceptors (Lipinski definition) is 5. The second-order valence-electron chi connectivity index (χ2n) is 8.07. The van der Waals surface area contributed by atoms with Gasteiger partial charge in [-0.05, 0) is 55.5 Å². The fraction of sp³-hybridized carbons (Fsp3) is 0.333. The van der Waals surface area contributed by atoms with Crippen LogP contribution in [-0.4, -0.2) is 41.2 Å². The molecule has 162 valence electrons. The summed E-state index contributed by atoms with van der Waals surface area (Å²) in [7, 11) is 0. The van der Waals surface area contributed by atoms with Gasteiger partial charge < -0.3 is 10.1 Å². The van der Waals surface area contributed by atoms with Crippen molar-refractivity contribution in [3.05, 3.63) is 64.7 Å². The topological polar surface area (TPSA) is 92.8 Å². The van der Waals surface area contributed by atoms with E-state index >= 15 is 0 Å². The maximum atomic E-state index is 12.8. The van der Waals surface area contributed by atoms with Crippen LogP contribution in [0.4, 0.5) is 5.69 Å². The van der Waals surface area contributed by atoms with Gasteiger partial charge in [-0.1, -0.05) is 38.1 Å². The number of anilines is 1. The van der Waals surface area contributed by atoms with Gasteiger partial charge in [0.15, 0.2) is 6.61 Å². The van der Waals surface area contributed by atoms with E-state index in [0.717, 1.165) is 16.0 Å². The second kappa shape index (κ2) is 9.12. The van der Waals surface area contributed by atoms with Crippen molar-refractivity contribution in [3.8, 4) is 0 Å². The van der Waals surface area contributed by atoms with Gasteiger partial charge in [-0.3, -0.25) is 19.3 Å². The summed E-state index contributed by atoms with van der Waals surface area (Å²) in [5, 5.41) is 2.72. The van der Waals surface area contributed by atoms with Crippen molar-refractivity contribution in [1.29, 1.82) is 0 Å². The number of hydrogen-bond donors (Lipinski definition) is 1. The maximum Gasteiger partial charge on any atom is 0.329 e. The number of nitrogens with zero attached hydrogens (tertiary/aromatic N) is 1. The predicted molar refractivity (Wildman–Crippen MR) is 116 cm³/mol. The monoisotopic (exact) mass is 422 g/mol. The fourth-order valence-electron chi connectivity index (χ4n) is 3.55. The number of fused-ring (bicyclic) bond motifs is 1. The van der Waals surface area contributed by atoms with Gasteiger partial charge in [0, 0.05) is 5.69 Å². The first-order valence-corrected chi connectivity index (χ1v) is 10.2. The molecule has 0 radical (unpaired) electrons. The Balaban J connectivity index is 1.71. The molecule has 31 heavy (non-hydrogen) atoms. The molecule has 7 heteroatoms. The molecule has 0 fully saturated rings. The number of benzene rings is 2. The minimum Gasteiger partial charge on any atom is -0.454 e. The SMILES string of the molecule is Cc1cccc(NC(=O)COC(=O)[C@@H](CC(C)C)N2C(=O)c3ccccc3C2=O)c1C. The number of esters is 1. The third kappa shape index (κ3) is 4.66. The number of amides is 3. The summed E-state index contributed by atoms with van der Waals surface area (Å²) in [4.78, 5) is 51.7. The number of ether oxygens (including phenoxy) is 1. The van der Waals surface area contributed by atoms with E-state index in [1.54, 1.807) is 30.3 Å². The van der Waals surface area contributed by atoms with Crippen LogP contribution in [0.15, 0.2) is 42.5 Å². The van der Waals surface area contributed by atoms with Gasteiger partial charge in [-0.15, -0.1) is 0 Å². The first-order valence-electron chi connectivity index (χ1n) is 10.2. The highest BCUT2D eigenvalue weighted by atomic mass is 16.5. The van der Waals surface area contributed by atoms with E-state index in [1.165, 1.54) is 0 Å². The Labute approximate surface area is 181 Å². The first-order chi connectivity index (χ1) is 14.7. The molecule has 0 saturated carbocycles. The molecule has 1 aliphatic heterocycles. The zero-order chi connectivity index (χ0) is 22.7. The smallest absolute Gasteiger partial charge is 0.329 e. The Morgan fingerprint density at radius 3 is 2.16 bits per heavy atom. The van der Waals surface area contributed by atoms with E-state index in [2.05, 4.69) is 5.32 Å². The average Bonchev–Trinajstić information content (AvgIpc) is 2.98. The van der Waals surface area contributed by atoms with E-state index in [-0.39, 0.29) is 23.5 Å². The molecule has 3 rings (SSSR count). The quantitative estimate of drug-likeness (QED) is 0.545. The Hall–Kier alpha value is -3.48. The number of rotatable bonds is 7. The van der Waals surface area contributed by atoms with E-state index in [9.17, 15) is 19.2 Å². The molecule has 0 unspecified atom stereocenters. The van der Waals surface area contributed by atoms with Crippen molar-refractivity contribution >= 4 is 29.4 Å². The van der Waals surface area contributed by atoms with E-state index < -0.39 is 36.3 Å². The first kappa shape index (κ1) is 22.2. The van der Waals surface area contributed by atoms with Crippen LogP contribution in [0, 0.1) is 19.8 Å². The minimum absolute atomic E-state index is 0.0191. The van der Waals surface area contributed by atoms with Crippen molar-refractivity contribution in [2.75, 3.05) is 11.9 Å². The molecule has 0 aliphatic carbocycles. The predicted octanol–water partition coefficient (Wildman–Crippen LogP) is 3.50. The third-order valence-electron chi connectivity index (χ3n) is 5.33. The zero-order valence-electron chi connectivity index (χ0n) is 18.1. The lowest BCUT2D eigenvalue weighted by Gasteiger charge is -2.25. The molecule has 1 atom stereocenters. The van der Waals surface area contributed by atoms with Gasteiger partial charge in [0.05, 0.1) is 11.1 Å². The summed E-state index contributed by atoms with van der Waals surface area (Å²) in [5.41, 5.74) is 3.12. The minimum atomic E-state index is -1.10. The Bertz CT molecular complexity index is 1010. The molecule has 7 nitrogen and oxygen atoms in total. The molecule has 0 saturated heterocycles. The number of nitrogens with one attached hydrogen (secondary N) is 1. The van der Waals surface area contributed by atoms with Crippen LogP contribution in [0.3, 0.4) is 0 Å². The molecule has 1 heterocycles. The van der Waals surface area contributed by atoms with Crippen molar-refractivity contribution < 1.29 is 23.9 Å². The lowest BCUT2D eigenvalue weighted by Crippen LogP contribution is -2.46. The van der Waals surface area contributed by atoms with Gasteiger partial charge >= 0.3 is 5.97 Å². The summed E-state index contributed by atoms with van der Waals surface area (Å²) >= 11 is 0. The molecule has 0 aromatic heterocycles. The summed E-state index contributed by atoms with van der Waals surface area (Å²) in [5.74, 6) is -2.30. The van der Waals surface area contributed by atoms with Crippen LogP contribution in [0.5, 0.6) is 0 Å². The van der Waals surface area contributed by atoms with Crippen molar-refractivity contribution in [2.24, 2.45) is 5.92 Å². The highest BCUT2D eigenvalue weighted by Gasteiger charge is 2.43. The fourth-order valence-corrected chi connectivity index (χ4v) is 3.55. The molecule has 1 aliphatic rings. The zero-order valence-corrected chi connectivity index (χ0v) is 18.1. The summed E-state index contributed by atoms with van der Waals surface area (Å²) < 4.78 is 5.22. The van der Waals surface area contributed by atoms with Gasteiger partial charge in [-0.25, -0.2) is 4.79 Å². The lowest BCUT2D eigenvalue weighted by molar-refractivity contribution is -0.151. The highest BCUT2D eigenvalue weighted by molar-refractivity contribution is 6.22. The summed E-state index contributed by atoms with van der Waals surface area (Å²) in [6.07, 6.45) is 0.239. The largest absolute Gasteiger partial charge is 0.454 e. The number of carbonyl (C=O) groups excluding carboxylic acids is 4. The van der Waals surface area contributed by atoms with Crippen LogP contribution < -0.4 is 5.32 Å². The normalized spacial score (nSPS) is 13.9. The molecule has 1 N–H and O–H groups in total. The number of aryl methyl sites for hydroxylation is 1. The van der Waals surface area contributed by atoms with E-state index in [0.29, 0.717) is 5.69 Å². The Morgan fingerprint density at radius 2 is 1.58 bits per heavy atom. The average molecular weight is 422 g/mol. The summed E-state index contributed by atoms with van der Waals surface area (Å²) in [6, 6.07) is 10.9. The van der Waals surface area contributed by atoms with Crippen LogP contribution in [0.25, 0.3) is 0 Å². The third-order valence-corrected chi connectivity index (χ3v) is 5.33. The van der Waals surface area contributed by atoms with Crippen molar-refractivity contribution in [3.63, 3.8) is 0 Å². The number of imide groups is 1. The van der Waals surface area contributed by atoms with Crippen LogP contribution in [-0.2, 0) is 14.3 Å². The lowest BCUT2D eigenvalue weighted by atomic mass is 10.0. The summed E-state index contributed by atoms with van der Waals surface area (Å²) in [6.45, 7) is 7.07. The molecule has 2 aromatic rings. The van der Waals surface area contributed by atoms with Crippen molar-refractivity contribution in [2.45, 2.75) is 40.2 Å². The molecular weight excluding hydrogens is 396 g/mol. The maximum absolute atomic E-state index is 12.8. The molecular formula is C24H26N2O5. The Morgan fingerprint density at radius 1 is 0.968 bits per heavy atom. The van der Waals surface area contributed by atoms with Gasteiger partial charge in [0.2, 0.25) is 0 Å². The molecule has 0 bridgehead atoms. The van der Waals surface area contributed by atoms with Gasteiger partial charge in [-0.2, -0.15) is 0 Å². The van der Waals surface area contributed by atoms with E-state index in [4.69, 9.17) is 4.74 Å². The number of carbonyl (C=O) groups is 4. The Kier molecular flexibility index (Phi) is 6.53. The second-order valence-corrected chi connectivity index (χ2v) is 8.07. The molecule has 0 spiro atoms. The highest BCUT2D eigenvalue weighted by Crippen LogP contribution is 2.27. The molecule has 3 amide bonds. The van der Waals surface area contributed by atoms with Crippen LogP contribution in [0.2, 0.25) is 0 Å². The van der Waals surface area contributed by atoms with E-state index in [1.807, 2.05) is 39.8 Å². The van der Waals surface area contributed by atoms with Crippen LogP contribution >= 0.6 is 0 Å². The van der Waals surface area contributed by atoms with Gasteiger partial charge in [0.1, 0.15) is 6.04 Å². The standard InChI is InChI=1S/C24H26N2O5/c1-14(2)12-20(26-22(28)17-9-5-6-10-18(17)23(26)29)24(30)31-13-21(27)25-19-11-7-8-15(3)16(19)4/h5-11,14,20H,12-13H2,1-4H3,(H,25,27)/t20-/m1/s1.